The first-order valence-electron chi connectivity index (χ1n) is 4.65. The summed E-state index contributed by atoms with van der Waals surface area (Å²) >= 11 is 0. The number of ether oxygens (including phenoxy) is 1. The number of rotatable bonds is 2. The van der Waals surface area contributed by atoms with Crippen molar-refractivity contribution in [3.8, 4) is 11.3 Å². The minimum Gasteiger partial charge on any atom is -0.368 e. The number of epoxide rings is 1. The number of aromatic amines is 1. The van der Waals surface area contributed by atoms with Gasteiger partial charge in [-0.1, -0.05) is 30.3 Å². The quantitative estimate of drug-likeness (QED) is 0.730. The van der Waals surface area contributed by atoms with Gasteiger partial charge in [-0.25, -0.2) is 0 Å². The van der Waals surface area contributed by atoms with E-state index in [1.165, 1.54) is 0 Å². The maximum absolute atomic E-state index is 5.26. The molecule has 3 heteroatoms. The zero-order valence-electron chi connectivity index (χ0n) is 7.60. The van der Waals surface area contributed by atoms with Gasteiger partial charge in [-0.2, -0.15) is 5.10 Å². The highest BCUT2D eigenvalue weighted by atomic mass is 16.6. The summed E-state index contributed by atoms with van der Waals surface area (Å²) in [5, 5.41) is 7.07. The van der Waals surface area contributed by atoms with Crippen molar-refractivity contribution >= 4 is 0 Å². The lowest BCUT2D eigenvalue weighted by Crippen LogP contribution is -1.83. The van der Waals surface area contributed by atoms with Gasteiger partial charge in [-0.05, 0) is 5.56 Å². The molecule has 0 bridgehead atoms. The summed E-state index contributed by atoms with van der Waals surface area (Å²) < 4.78 is 5.26. The predicted molar refractivity (Wildman–Crippen MR) is 52.7 cm³/mol. The Hall–Kier alpha value is -1.61. The molecule has 0 spiro atoms. The van der Waals surface area contributed by atoms with Crippen molar-refractivity contribution in [2.45, 2.75) is 6.10 Å². The van der Waals surface area contributed by atoms with E-state index in [9.17, 15) is 0 Å². The smallest absolute Gasteiger partial charge is 0.110 e. The van der Waals surface area contributed by atoms with E-state index in [0.29, 0.717) is 0 Å². The van der Waals surface area contributed by atoms with Crippen LogP contribution in [-0.4, -0.2) is 16.8 Å². The van der Waals surface area contributed by atoms with Crippen molar-refractivity contribution in [2.75, 3.05) is 6.61 Å². The molecule has 1 aliphatic rings. The second kappa shape index (κ2) is 2.96. The van der Waals surface area contributed by atoms with Crippen LogP contribution >= 0.6 is 0 Å². The molecule has 3 rings (SSSR count). The Morgan fingerprint density at radius 2 is 2.07 bits per heavy atom. The van der Waals surface area contributed by atoms with Gasteiger partial charge < -0.3 is 4.74 Å². The molecule has 1 atom stereocenters. The highest BCUT2D eigenvalue weighted by molar-refractivity contribution is 5.63. The zero-order chi connectivity index (χ0) is 9.38. The molecule has 1 fully saturated rings. The average molecular weight is 186 g/mol. The molecule has 0 amide bonds. The monoisotopic (exact) mass is 186 g/mol. The van der Waals surface area contributed by atoms with Gasteiger partial charge in [-0.15, -0.1) is 0 Å². The largest absolute Gasteiger partial charge is 0.368 e. The lowest BCUT2D eigenvalue weighted by molar-refractivity contribution is 0.416. The molecular weight excluding hydrogens is 176 g/mol. The Morgan fingerprint density at radius 3 is 2.79 bits per heavy atom. The van der Waals surface area contributed by atoms with Crippen molar-refractivity contribution in [3.63, 3.8) is 0 Å². The Morgan fingerprint density at radius 1 is 1.29 bits per heavy atom. The average Bonchev–Trinajstić information content (AvgIpc) is 2.98. The molecule has 1 aromatic carbocycles. The summed E-state index contributed by atoms with van der Waals surface area (Å²) in [4.78, 5) is 0. The topological polar surface area (TPSA) is 41.2 Å². The van der Waals surface area contributed by atoms with Gasteiger partial charge in [0, 0.05) is 5.56 Å². The Labute approximate surface area is 81.7 Å². The van der Waals surface area contributed by atoms with Gasteiger partial charge in [0.1, 0.15) is 6.10 Å². The second-order valence-corrected chi connectivity index (χ2v) is 3.39. The fraction of sp³-hybridized carbons (Fsp3) is 0.182. The highest BCUT2D eigenvalue weighted by Crippen LogP contribution is 2.35. The van der Waals surface area contributed by atoms with Gasteiger partial charge in [0.25, 0.3) is 0 Å². The van der Waals surface area contributed by atoms with Crippen LogP contribution in [-0.2, 0) is 4.74 Å². The highest BCUT2D eigenvalue weighted by Gasteiger charge is 2.28. The van der Waals surface area contributed by atoms with E-state index in [-0.39, 0.29) is 6.10 Å². The number of benzene rings is 1. The number of nitrogens with one attached hydrogen (secondary N) is 1. The SMILES string of the molecule is c1ccc(-c2[nH]ncc2C2CO2)cc1. The van der Waals surface area contributed by atoms with Crippen LogP contribution in [0.3, 0.4) is 0 Å². The maximum atomic E-state index is 5.26. The number of aromatic nitrogens is 2. The summed E-state index contributed by atoms with van der Waals surface area (Å²) in [6, 6.07) is 10.2. The second-order valence-electron chi connectivity index (χ2n) is 3.39. The molecule has 0 radical (unpaired) electrons. The third-order valence-corrected chi connectivity index (χ3v) is 2.41. The molecule has 1 N–H and O–H groups in total. The Bertz CT molecular complexity index is 432. The molecule has 14 heavy (non-hydrogen) atoms. The number of H-pyrrole nitrogens is 1. The van der Waals surface area contributed by atoms with Crippen LogP contribution in [0.15, 0.2) is 36.5 Å². The van der Waals surface area contributed by atoms with E-state index in [4.69, 9.17) is 4.74 Å². The van der Waals surface area contributed by atoms with Crippen LogP contribution in [0.25, 0.3) is 11.3 Å². The van der Waals surface area contributed by atoms with Gasteiger partial charge in [-0.3, -0.25) is 5.10 Å². The Balaban J connectivity index is 2.07. The summed E-state index contributed by atoms with van der Waals surface area (Å²) in [5.74, 6) is 0. The van der Waals surface area contributed by atoms with Gasteiger partial charge in [0.2, 0.25) is 0 Å². The zero-order valence-corrected chi connectivity index (χ0v) is 7.60. The fourth-order valence-electron chi connectivity index (χ4n) is 1.60. The van der Waals surface area contributed by atoms with Crippen molar-refractivity contribution < 1.29 is 4.74 Å². The van der Waals surface area contributed by atoms with Crippen LogP contribution in [0.4, 0.5) is 0 Å². The van der Waals surface area contributed by atoms with Gasteiger partial charge >= 0.3 is 0 Å². The first-order valence-corrected chi connectivity index (χ1v) is 4.65. The lowest BCUT2D eigenvalue weighted by atomic mass is 10.1. The van der Waals surface area contributed by atoms with Crippen LogP contribution in [0, 0.1) is 0 Å². The predicted octanol–water partition coefficient (Wildman–Crippen LogP) is 2.15. The third-order valence-electron chi connectivity index (χ3n) is 2.41. The van der Waals surface area contributed by atoms with Crippen molar-refractivity contribution in [3.05, 3.63) is 42.1 Å². The minimum absolute atomic E-state index is 0.254. The molecule has 0 aliphatic carbocycles. The molecule has 2 aromatic rings. The molecule has 70 valence electrons. The number of nitrogens with zero attached hydrogens (tertiary/aromatic N) is 1. The summed E-state index contributed by atoms with van der Waals surface area (Å²) in [5.41, 5.74) is 3.40. The first-order chi connectivity index (χ1) is 6.95. The van der Waals surface area contributed by atoms with E-state index >= 15 is 0 Å². The first kappa shape index (κ1) is 7.76. The van der Waals surface area contributed by atoms with Gasteiger partial charge in [0.05, 0.1) is 18.5 Å². The van der Waals surface area contributed by atoms with Crippen molar-refractivity contribution in [1.82, 2.24) is 10.2 Å². The lowest BCUT2D eigenvalue weighted by Gasteiger charge is -1.99. The van der Waals surface area contributed by atoms with Crippen LogP contribution in [0.2, 0.25) is 0 Å². The van der Waals surface area contributed by atoms with E-state index in [2.05, 4.69) is 22.3 Å². The van der Waals surface area contributed by atoms with Crippen LogP contribution < -0.4 is 0 Å². The molecule has 1 unspecified atom stereocenters. The summed E-state index contributed by atoms with van der Waals surface area (Å²) in [7, 11) is 0. The minimum atomic E-state index is 0.254. The molecule has 1 aromatic heterocycles. The van der Waals surface area contributed by atoms with E-state index in [0.717, 1.165) is 23.4 Å². The standard InChI is InChI=1S/C11H10N2O/c1-2-4-8(5-3-1)11-9(6-12-13-11)10-7-14-10/h1-6,10H,7H2,(H,12,13). The summed E-state index contributed by atoms with van der Waals surface area (Å²) in [6.07, 6.45) is 2.10. The maximum Gasteiger partial charge on any atom is 0.110 e. The van der Waals surface area contributed by atoms with E-state index in [1.54, 1.807) is 0 Å². The number of hydrogen-bond donors (Lipinski definition) is 1. The van der Waals surface area contributed by atoms with Crippen LogP contribution in [0.5, 0.6) is 0 Å². The fourth-order valence-corrected chi connectivity index (χ4v) is 1.60. The normalized spacial score (nSPS) is 19.6. The Kier molecular flexibility index (Phi) is 1.64. The van der Waals surface area contributed by atoms with E-state index < -0.39 is 0 Å². The molecular formula is C11H10N2O. The molecule has 0 saturated carbocycles. The molecule has 3 nitrogen and oxygen atoms in total. The molecule has 1 aliphatic heterocycles. The van der Waals surface area contributed by atoms with Gasteiger partial charge in [0.15, 0.2) is 0 Å². The van der Waals surface area contributed by atoms with Crippen molar-refractivity contribution in [1.29, 1.82) is 0 Å². The number of hydrogen-bond acceptors (Lipinski definition) is 2. The summed E-state index contributed by atoms with van der Waals surface area (Å²) in [6.45, 7) is 0.819. The van der Waals surface area contributed by atoms with Crippen LogP contribution in [0.1, 0.15) is 11.7 Å². The van der Waals surface area contributed by atoms with Crippen molar-refractivity contribution in [2.24, 2.45) is 0 Å². The molecule has 1 saturated heterocycles. The third kappa shape index (κ3) is 1.22. The van der Waals surface area contributed by atoms with E-state index in [1.807, 2.05) is 24.4 Å². The molecule has 2 heterocycles.